The maximum atomic E-state index is 12.5. The van der Waals surface area contributed by atoms with E-state index in [4.69, 9.17) is 4.74 Å². The Labute approximate surface area is 136 Å². The zero-order chi connectivity index (χ0) is 16.7. The number of ether oxygens (including phenoxy) is 1. The van der Waals surface area contributed by atoms with Gasteiger partial charge in [-0.05, 0) is 13.3 Å². The zero-order valence-electron chi connectivity index (χ0n) is 13.8. The van der Waals surface area contributed by atoms with Crippen LogP contribution in [0.2, 0.25) is 0 Å². The average Bonchev–Trinajstić information content (AvgIpc) is 2.59. The molecule has 1 aliphatic rings. The molecule has 0 radical (unpaired) electrons. The summed E-state index contributed by atoms with van der Waals surface area (Å²) in [6.45, 7) is 7.26. The van der Waals surface area contributed by atoms with Crippen molar-refractivity contribution < 1.29 is 14.3 Å². The normalized spacial score (nSPS) is 14.6. The molecule has 1 aromatic rings. The van der Waals surface area contributed by atoms with Crippen molar-refractivity contribution in [1.82, 2.24) is 19.8 Å². The summed E-state index contributed by atoms with van der Waals surface area (Å²) in [5, 5.41) is 0. The van der Waals surface area contributed by atoms with Gasteiger partial charge in [0.05, 0.1) is 25.1 Å². The molecule has 126 valence electrons. The van der Waals surface area contributed by atoms with E-state index in [1.807, 2.05) is 13.8 Å². The Balaban J connectivity index is 1.93. The van der Waals surface area contributed by atoms with Crippen LogP contribution in [0.3, 0.4) is 0 Å². The standard InChI is InChI=1S/C16H24N4O3/c1-3-5-20(16(22)14-12-17-13(2)11-18-14)6-4-15(21)19-7-9-23-10-8-19/h11-12H,3-10H2,1-2H3. The summed E-state index contributed by atoms with van der Waals surface area (Å²) in [6.07, 6.45) is 4.22. The van der Waals surface area contributed by atoms with Crippen LogP contribution in [0.4, 0.5) is 0 Å². The summed E-state index contributed by atoms with van der Waals surface area (Å²) in [4.78, 5) is 36.4. The summed E-state index contributed by atoms with van der Waals surface area (Å²) < 4.78 is 5.25. The van der Waals surface area contributed by atoms with Gasteiger partial charge in [0.25, 0.3) is 5.91 Å². The second-order valence-corrected chi connectivity index (χ2v) is 5.58. The van der Waals surface area contributed by atoms with E-state index in [1.54, 1.807) is 16.0 Å². The molecule has 0 spiro atoms. The number of nitrogens with zero attached hydrogens (tertiary/aromatic N) is 4. The number of aromatic nitrogens is 2. The smallest absolute Gasteiger partial charge is 0.274 e. The van der Waals surface area contributed by atoms with Crippen molar-refractivity contribution in [2.24, 2.45) is 0 Å². The molecular formula is C16H24N4O3. The minimum Gasteiger partial charge on any atom is -0.378 e. The van der Waals surface area contributed by atoms with Crippen LogP contribution in [0.1, 0.15) is 35.9 Å². The molecule has 1 aliphatic heterocycles. The number of hydrogen-bond acceptors (Lipinski definition) is 5. The molecule has 0 bridgehead atoms. The number of rotatable bonds is 6. The van der Waals surface area contributed by atoms with Crippen LogP contribution in [0.5, 0.6) is 0 Å². The highest BCUT2D eigenvalue weighted by Gasteiger charge is 2.21. The van der Waals surface area contributed by atoms with Crippen LogP contribution < -0.4 is 0 Å². The maximum absolute atomic E-state index is 12.5. The lowest BCUT2D eigenvalue weighted by molar-refractivity contribution is -0.135. The third-order valence-electron chi connectivity index (χ3n) is 3.74. The van der Waals surface area contributed by atoms with Crippen molar-refractivity contribution in [2.75, 3.05) is 39.4 Å². The van der Waals surface area contributed by atoms with E-state index < -0.39 is 0 Å². The lowest BCUT2D eigenvalue weighted by atomic mass is 10.2. The van der Waals surface area contributed by atoms with Gasteiger partial charge in [0, 0.05) is 38.8 Å². The van der Waals surface area contributed by atoms with Gasteiger partial charge in [-0.25, -0.2) is 4.98 Å². The van der Waals surface area contributed by atoms with Crippen LogP contribution in [0, 0.1) is 6.92 Å². The fraction of sp³-hybridized carbons (Fsp3) is 0.625. The molecule has 0 unspecified atom stereocenters. The predicted octanol–water partition coefficient (Wildman–Crippen LogP) is 0.886. The van der Waals surface area contributed by atoms with Gasteiger partial charge < -0.3 is 14.5 Å². The van der Waals surface area contributed by atoms with Gasteiger partial charge in [-0.2, -0.15) is 0 Å². The molecule has 0 saturated carbocycles. The number of morpholine rings is 1. The SMILES string of the molecule is CCCN(CCC(=O)N1CCOCC1)C(=O)c1cnc(C)cn1. The molecule has 1 saturated heterocycles. The summed E-state index contributed by atoms with van der Waals surface area (Å²) in [5.74, 6) is -0.105. The fourth-order valence-electron chi connectivity index (χ4n) is 2.45. The first-order valence-electron chi connectivity index (χ1n) is 8.05. The minimum atomic E-state index is -0.172. The monoisotopic (exact) mass is 320 g/mol. The number of aryl methyl sites for hydroxylation is 1. The number of amides is 2. The third kappa shape index (κ3) is 4.99. The van der Waals surface area contributed by atoms with Crippen LogP contribution in [0.15, 0.2) is 12.4 Å². The summed E-state index contributed by atoms with van der Waals surface area (Å²) in [5.41, 5.74) is 1.09. The molecule has 23 heavy (non-hydrogen) atoms. The van der Waals surface area contributed by atoms with Gasteiger partial charge >= 0.3 is 0 Å². The molecule has 0 atom stereocenters. The van der Waals surface area contributed by atoms with Crippen molar-refractivity contribution in [1.29, 1.82) is 0 Å². The number of carbonyl (C=O) groups excluding carboxylic acids is 2. The van der Waals surface area contributed by atoms with E-state index in [1.165, 1.54) is 6.20 Å². The quantitative estimate of drug-likeness (QED) is 0.778. The predicted molar refractivity (Wildman–Crippen MR) is 85.0 cm³/mol. The van der Waals surface area contributed by atoms with E-state index >= 15 is 0 Å². The third-order valence-corrected chi connectivity index (χ3v) is 3.74. The highest BCUT2D eigenvalue weighted by Crippen LogP contribution is 2.06. The molecule has 1 aromatic heterocycles. The van der Waals surface area contributed by atoms with Gasteiger partial charge in [-0.3, -0.25) is 14.6 Å². The Kier molecular flexibility index (Phi) is 6.46. The molecule has 2 amide bonds. The van der Waals surface area contributed by atoms with Crippen molar-refractivity contribution in [2.45, 2.75) is 26.7 Å². The molecule has 1 fully saturated rings. The van der Waals surface area contributed by atoms with Gasteiger partial charge in [-0.1, -0.05) is 6.92 Å². The summed E-state index contributed by atoms with van der Waals surface area (Å²) in [6, 6.07) is 0. The first-order valence-corrected chi connectivity index (χ1v) is 8.05. The van der Waals surface area contributed by atoms with Crippen LogP contribution in [-0.4, -0.2) is 71.0 Å². The molecule has 0 aromatic carbocycles. The van der Waals surface area contributed by atoms with Gasteiger partial charge in [-0.15, -0.1) is 0 Å². The van der Waals surface area contributed by atoms with Crippen LogP contribution in [0.25, 0.3) is 0 Å². The van der Waals surface area contributed by atoms with E-state index in [0.717, 1.165) is 12.1 Å². The van der Waals surface area contributed by atoms with Gasteiger partial charge in [0.1, 0.15) is 5.69 Å². The van der Waals surface area contributed by atoms with Crippen molar-refractivity contribution in [3.8, 4) is 0 Å². The zero-order valence-corrected chi connectivity index (χ0v) is 13.8. The first kappa shape index (κ1) is 17.3. The first-order chi connectivity index (χ1) is 11.1. The Hall–Kier alpha value is -2.02. The topological polar surface area (TPSA) is 75.6 Å². The molecule has 7 heteroatoms. The lowest BCUT2D eigenvalue weighted by Gasteiger charge is -2.28. The van der Waals surface area contributed by atoms with Crippen LogP contribution >= 0.6 is 0 Å². The Morgan fingerprint density at radius 2 is 1.96 bits per heavy atom. The highest BCUT2D eigenvalue weighted by atomic mass is 16.5. The minimum absolute atomic E-state index is 0.0668. The fourth-order valence-corrected chi connectivity index (χ4v) is 2.45. The van der Waals surface area contributed by atoms with E-state index in [2.05, 4.69) is 9.97 Å². The Morgan fingerprint density at radius 3 is 2.57 bits per heavy atom. The average molecular weight is 320 g/mol. The van der Waals surface area contributed by atoms with Gasteiger partial charge in [0.15, 0.2) is 0 Å². The Bertz CT molecular complexity index is 527. The second kappa shape index (κ2) is 8.57. The number of hydrogen-bond donors (Lipinski definition) is 0. The highest BCUT2D eigenvalue weighted by molar-refractivity contribution is 5.92. The molecular weight excluding hydrogens is 296 g/mol. The summed E-state index contributed by atoms with van der Waals surface area (Å²) in [7, 11) is 0. The molecule has 2 rings (SSSR count). The van der Waals surface area contributed by atoms with Crippen molar-refractivity contribution >= 4 is 11.8 Å². The molecule has 7 nitrogen and oxygen atoms in total. The molecule has 2 heterocycles. The van der Waals surface area contributed by atoms with Crippen molar-refractivity contribution in [3.63, 3.8) is 0 Å². The van der Waals surface area contributed by atoms with E-state index in [0.29, 0.717) is 51.5 Å². The lowest BCUT2D eigenvalue weighted by Crippen LogP contribution is -2.42. The molecule has 0 N–H and O–H groups in total. The Morgan fingerprint density at radius 1 is 1.22 bits per heavy atom. The van der Waals surface area contributed by atoms with Gasteiger partial charge in [0.2, 0.25) is 5.91 Å². The number of carbonyl (C=O) groups is 2. The molecule has 0 aliphatic carbocycles. The second-order valence-electron chi connectivity index (χ2n) is 5.58. The van der Waals surface area contributed by atoms with Crippen molar-refractivity contribution in [3.05, 3.63) is 23.8 Å². The van der Waals surface area contributed by atoms with Crippen LogP contribution in [-0.2, 0) is 9.53 Å². The van der Waals surface area contributed by atoms with E-state index in [9.17, 15) is 9.59 Å². The summed E-state index contributed by atoms with van der Waals surface area (Å²) >= 11 is 0. The maximum Gasteiger partial charge on any atom is 0.274 e. The largest absolute Gasteiger partial charge is 0.378 e. The van der Waals surface area contributed by atoms with E-state index in [-0.39, 0.29) is 11.8 Å².